The van der Waals surface area contributed by atoms with E-state index in [-0.39, 0.29) is 28.0 Å². The van der Waals surface area contributed by atoms with Crippen molar-refractivity contribution in [2.75, 3.05) is 76.9 Å². The summed E-state index contributed by atoms with van der Waals surface area (Å²) in [6.45, 7) is 4.32. The predicted octanol–water partition coefficient (Wildman–Crippen LogP) is 3.64. The fourth-order valence-electron chi connectivity index (χ4n) is 4.47. The third-order valence-corrected chi connectivity index (χ3v) is 8.94. The van der Waals surface area contributed by atoms with Gasteiger partial charge in [0.1, 0.15) is 4.90 Å². The minimum atomic E-state index is -3.74. The molecule has 0 amide bonds. The van der Waals surface area contributed by atoms with E-state index in [0.29, 0.717) is 31.9 Å². The molecular formula is C25H32ClF2N5O3S. The summed E-state index contributed by atoms with van der Waals surface area (Å²) in [6.07, 6.45) is 4.34. The molecule has 0 spiro atoms. The first-order valence-corrected chi connectivity index (χ1v) is 13.8. The number of ether oxygens (including phenoxy) is 1. The molecule has 1 saturated heterocycles. The molecule has 0 saturated carbocycles. The predicted molar refractivity (Wildman–Crippen MR) is 142 cm³/mol. The lowest BCUT2D eigenvalue weighted by Crippen LogP contribution is -2.49. The molecule has 12 heteroatoms. The van der Waals surface area contributed by atoms with Crippen LogP contribution in [-0.2, 0) is 10.0 Å². The van der Waals surface area contributed by atoms with Gasteiger partial charge in [0.2, 0.25) is 15.8 Å². The van der Waals surface area contributed by atoms with E-state index in [2.05, 4.69) is 9.80 Å². The maximum Gasteiger partial charge on any atom is 0.244 e. The zero-order chi connectivity index (χ0) is 26.7. The van der Waals surface area contributed by atoms with Gasteiger partial charge in [0.05, 0.1) is 24.5 Å². The van der Waals surface area contributed by atoms with Crippen molar-refractivity contribution >= 4 is 33.0 Å². The Morgan fingerprint density at radius 3 is 2.35 bits per heavy atom. The number of nitrogens with zero attached hydrogens (tertiary/aromatic N) is 5. The van der Waals surface area contributed by atoms with Crippen LogP contribution in [-0.4, -0.2) is 89.7 Å². The normalized spacial score (nSPS) is 17.3. The maximum atomic E-state index is 14.5. The number of methoxy groups -OCH3 is 1. The van der Waals surface area contributed by atoms with E-state index in [1.54, 1.807) is 29.4 Å². The third-order valence-electron chi connectivity index (χ3n) is 6.56. The molecule has 202 valence electrons. The molecule has 8 nitrogen and oxygen atoms in total. The number of hydrogen-bond acceptors (Lipinski definition) is 7. The van der Waals surface area contributed by atoms with Gasteiger partial charge in [0.25, 0.3) is 0 Å². The highest BCUT2D eigenvalue weighted by atomic mass is 35.5. The van der Waals surface area contributed by atoms with Crippen molar-refractivity contribution in [1.82, 2.24) is 14.1 Å². The summed E-state index contributed by atoms with van der Waals surface area (Å²) >= 11 is 6.46. The summed E-state index contributed by atoms with van der Waals surface area (Å²) in [5.74, 6) is -2.24. The summed E-state index contributed by atoms with van der Waals surface area (Å²) in [4.78, 5) is 7.77. The Morgan fingerprint density at radius 1 is 1.00 bits per heavy atom. The van der Waals surface area contributed by atoms with Crippen LogP contribution in [0.1, 0.15) is 6.42 Å². The molecule has 2 aliphatic rings. The lowest BCUT2D eigenvalue weighted by Gasteiger charge is -2.34. The minimum Gasteiger partial charge on any atom is -0.494 e. The third kappa shape index (κ3) is 6.01. The van der Waals surface area contributed by atoms with E-state index in [1.165, 1.54) is 34.5 Å². The molecule has 0 atom stereocenters. The molecule has 0 N–H and O–H groups in total. The fourth-order valence-corrected chi connectivity index (χ4v) is 6.40. The molecule has 0 radical (unpaired) electrons. The van der Waals surface area contributed by atoms with Crippen molar-refractivity contribution in [1.29, 1.82) is 0 Å². The number of rotatable bonds is 9. The average Bonchev–Trinajstić information content (AvgIpc) is 3.35. The zero-order valence-corrected chi connectivity index (χ0v) is 22.8. The van der Waals surface area contributed by atoms with Crippen LogP contribution in [0.15, 0.2) is 47.6 Å². The Kier molecular flexibility index (Phi) is 8.59. The van der Waals surface area contributed by atoms with Crippen LogP contribution in [0.5, 0.6) is 5.75 Å². The van der Waals surface area contributed by atoms with E-state index >= 15 is 0 Å². The topological polar surface area (TPSA) is 59.6 Å². The van der Waals surface area contributed by atoms with Crippen molar-refractivity contribution in [2.45, 2.75) is 11.3 Å². The SMILES string of the molecule is COc1ccc(N2C=CN(c3ccc(S(=O)(=O)N4CCN(CCCN(C)C)CC4)c(Cl)c3)C2)c(F)c1F. The first-order valence-electron chi connectivity index (χ1n) is 12.0. The Morgan fingerprint density at radius 2 is 1.70 bits per heavy atom. The highest BCUT2D eigenvalue weighted by Crippen LogP contribution is 2.34. The summed E-state index contributed by atoms with van der Waals surface area (Å²) in [5.41, 5.74) is 0.686. The standard InChI is InChI=1S/C25H32ClF2N5O3S/c1-29(2)9-4-10-30-11-15-33(16-12-30)37(34,35)23-8-5-19(17-20(23)26)31-13-14-32(18-31)21-6-7-22(36-3)25(28)24(21)27/h5-8,13-14,17H,4,9-12,15-16,18H2,1-3H3. The minimum absolute atomic E-state index is 0.0577. The van der Waals surface area contributed by atoms with Crippen LogP contribution in [0.3, 0.4) is 0 Å². The second kappa shape index (κ2) is 11.5. The van der Waals surface area contributed by atoms with E-state index in [4.69, 9.17) is 16.3 Å². The van der Waals surface area contributed by atoms with E-state index < -0.39 is 21.7 Å². The molecule has 2 aliphatic heterocycles. The summed E-state index contributed by atoms with van der Waals surface area (Å²) in [7, 11) is 1.61. The Hall–Kier alpha value is -2.44. The number of hydrogen-bond donors (Lipinski definition) is 0. The monoisotopic (exact) mass is 555 g/mol. The van der Waals surface area contributed by atoms with Crippen molar-refractivity contribution in [3.05, 3.63) is 59.4 Å². The Bertz CT molecular complexity index is 1250. The molecule has 1 fully saturated rings. The van der Waals surface area contributed by atoms with E-state index in [0.717, 1.165) is 19.5 Å². The lowest BCUT2D eigenvalue weighted by molar-refractivity contribution is 0.181. The highest BCUT2D eigenvalue weighted by molar-refractivity contribution is 7.89. The van der Waals surface area contributed by atoms with E-state index in [1.807, 2.05) is 14.1 Å². The van der Waals surface area contributed by atoms with Gasteiger partial charge >= 0.3 is 0 Å². The van der Waals surface area contributed by atoms with E-state index in [9.17, 15) is 17.2 Å². The van der Waals surface area contributed by atoms with Gasteiger partial charge in [0.15, 0.2) is 11.6 Å². The molecule has 0 aliphatic carbocycles. The van der Waals surface area contributed by atoms with Crippen molar-refractivity contribution in [3.63, 3.8) is 0 Å². The molecule has 0 unspecified atom stereocenters. The number of benzene rings is 2. The summed E-state index contributed by atoms with van der Waals surface area (Å²) < 4.78 is 61.6. The highest BCUT2D eigenvalue weighted by Gasteiger charge is 2.31. The fraction of sp³-hybridized carbons (Fsp3) is 0.440. The van der Waals surface area contributed by atoms with Crippen LogP contribution < -0.4 is 14.5 Å². The van der Waals surface area contributed by atoms with Gasteiger partial charge in [-0.25, -0.2) is 12.8 Å². The second-order valence-corrected chi connectivity index (χ2v) is 11.6. The lowest BCUT2D eigenvalue weighted by atomic mass is 10.2. The maximum absolute atomic E-state index is 14.5. The number of anilines is 2. The molecule has 37 heavy (non-hydrogen) atoms. The first-order chi connectivity index (χ1) is 17.6. The van der Waals surface area contributed by atoms with Crippen LogP contribution in [0.2, 0.25) is 5.02 Å². The zero-order valence-electron chi connectivity index (χ0n) is 21.2. The first kappa shape index (κ1) is 27.6. The quantitative estimate of drug-likeness (QED) is 0.468. The smallest absolute Gasteiger partial charge is 0.244 e. The van der Waals surface area contributed by atoms with Gasteiger partial charge in [-0.15, -0.1) is 0 Å². The molecule has 0 aromatic heterocycles. The Balaban J connectivity index is 1.41. The van der Waals surface area contributed by atoms with Crippen LogP contribution >= 0.6 is 11.6 Å². The van der Waals surface area contributed by atoms with Gasteiger partial charge in [0, 0.05) is 44.3 Å². The summed E-state index contributed by atoms with van der Waals surface area (Å²) in [6, 6.07) is 7.54. The molecule has 4 rings (SSSR count). The molecule has 0 bridgehead atoms. The van der Waals surface area contributed by atoms with Crippen molar-refractivity contribution < 1.29 is 21.9 Å². The van der Waals surface area contributed by atoms with Crippen molar-refractivity contribution in [3.8, 4) is 5.75 Å². The van der Waals surface area contributed by atoms with Gasteiger partial charge in [-0.3, -0.25) is 0 Å². The summed E-state index contributed by atoms with van der Waals surface area (Å²) in [5, 5.41) is 0.111. The van der Waals surface area contributed by atoms with Gasteiger partial charge < -0.3 is 24.3 Å². The molecule has 2 heterocycles. The van der Waals surface area contributed by atoms with Crippen molar-refractivity contribution in [2.24, 2.45) is 0 Å². The molecule has 2 aromatic carbocycles. The number of halogens is 3. The Labute approximate surface area is 222 Å². The van der Waals surface area contributed by atoms with Gasteiger partial charge in [-0.2, -0.15) is 8.70 Å². The average molecular weight is 556 g/mol. The number of sulfonamides is 1. The largest absolute Gasteiger partial charge is 0.494 e. The van der Waals surface area contributed by atoms with Crippen LogP contribution in [0.25, 0.3) is 0 Å². The molecule has 2 aromatic rings. The number of piperazine rings is 1. The van der Waals surface area contributed by atoms with Gasteiger partial charge in [-0.1, -0.05) is 11.6 Å². The van der Waals surface area contributed by atoms with Crippen LogP contribution in [0, 0.1) is 11.6 Å². The molecular weight excluding hydrogens is 524 g/mol. The van der Waals surface area contributed by atoms with Crippen LogP contribution in [0.4, 0.5) is 20.2 Å². The van der Waals surface area contributed by atoms with Gasteiger partial charge in [-0.05, 0) is 63.9 Å². The second-order valence-electron chi connectivity index (χ2n) is 9.31.